The highest BCUT2D eigenvalue weighted by molar-refractivity contribution is 6.29. The summed E-state index contributed by atoms with van der Waals surface area (Å²) in [6.45, 7) is 3.37. The summed E-state index contributed by atoms with van der Waals surface area (Å²) in [5, 5.41) is 9.23. The van der Waals surface area contributed by atoms with Gasteiger partial charge in [-0.05, 0) is 38.1 Å². The first kappa shape index (κ1) is 13.1. The van der Waals surface area contributed by atoms with Gasteiger partial charge in [-0.15, -0.1) is 0 Å². The van der Waals surface area contributed by atoms with Gasteiger partial charge in [-0.25, -0.2) is 9.78 Å². The summed E-state index contributed by atoms with van der Waals surface area (Å²) in [6, 6.07) is 2.85. The lowest BCUT2D eigenvalue weighted by molar-refractivity contribution is 0.0690. The van der Waals surface area contributed by atoms with Crippen LogP contribution in [-0.2, 0) is 0 Å². The molecule has 1 aliphatic heterocycles. The third kappa shape index (κ3) is 3.34. The second-order valence-electron chi connectivity index (χ2n) is 4.19. The maximum absolute atomic E-state index is 11.0. The zero-order chi connectivity index (χ0) is 13.0. The number of rotatable bonds is 5. The molecule has 6 heteroatoms. The van der Waals surface area contributed by atoms with E-state index in [0.29, 0.717) is 6.61 Å². The first-order valence-electron chi connectivity index (χ1n) is 5.92. The summed E-state index contributed by atoms with van der Waals surface area (Å²) in [6.07, 6.45) is 2.44. The molecule has 1 N–H and O–H groups in total. The lowest BCUT2D eigenvalue weighted by atomic mass is 10.3. The maximum Gasteiger partial charge on any atom is 0.341 e. The molecule has 1 aromatic rings. The van der Waals surface area contributed by atoms with Crippen LogP contribution in [0.4, 0.5) is 0 Å². The molecule has 2 heterocycles. The van der Waals surface area contributed by atoms with Crippen LogP contribution in [0.1, 0.15) is 23.2 Å². The van der Waals surface area contributed by atoms with E-state index in [1.165, 1.54) is 25.0 Å². The zero-order valence-electron chi connectivity index (χ0n) is 9.93. The van der Waals surface area contributed by atoms with E-state index in [1.807, 2.05) is 0 Å². The van der Waals surface area contributed by atoms with Crippen LogP contribution in [0.3, 0.4) is 0 Å². The summed E-state index contributed by atoms with van der Waals surface area (Å²) in [5.41, 5.74) is 0.0424. The summed E-state index contributed by atoms with van der Waals surface area (Å²) in [7, 11) is 0. The quantitative estimate of drug-likeness (QED) is 0.828. The van der Waals surface area contributed by atoms with E-state index < -0.39 is 5.97 Å². The molecule has 0 unspecified atom stereocenters. The fourth-order valence-corrected chi connectivity index (χ4v) is 2.11. The lowest BCUT2D eigenvalue weighted by Gasteiger charge is -2.15. The van der Waals surface area contributed by atoms with Crippen LogP contribution in [0.15, 0.2) is 12.1 Å². The topological polar surface area (TPSA) is 62.7 Å². The van der Waals surface area contributed by atoms with Gasteiger partial charge in [0.1, 0.15) is 17.3 Å². The van der Waals surface area contributed by atoms with Crippen molar-refractivity contribution in [2.24, 2.45) is 0 Å². The molecule has 98 valence electrons. The van der Waals surface area contributed by atoms with E-state index in [4.69, 9.17) is 21.4 Å². The van der Waals surface area contributed by atoms with Gasteiger partial charge in [0.25, 0.3) is 0 Å². The third-order valence-electron chi connectivity index (χ3n) is 2.90. The van der Waals surface area contributed by atoms with Crippen molar-refractivity contribution in [3.8, 4) is 5.88 Å². The molecule has 5 nitrogen and oxygen atoms in total. The monoisotopic (exact) mass is 270 g/mol. The van der Waals surface area contributed by atoms with E-state index in [9.17, 15) is 4.79 Å². The van der Waals surface area contributed by atoms with E-state index >= 15 is 0 Å². The number of pyridine rings is 1. The zero-order valence-corrected chi connectivity index (χ0v) is 10.7. The summed E-state index contributed by atoms with van der Waals surface area (Å²) in [4.78, 5) is 17.2. The van der Waals surface area contributed by atoms with Crippen LogP contribution < -0.4 is 4.74 Å². The molecular formula is C12H15ClN2O3. The van der Waals surface area contributed by atoms with Crippen LogP contribution in [-0.4, -0.2) is 47.2 Å². The number of hydrogen-bond acceptors (Lipinski definition) is 4. The second kappa shape index (κ2) is 6.02. The van der Waals surface area contributed by atoms with Gasteiger partial charge in [0, 0.05) is 6.54 Å². The second-order valence-corrected chi connectivity index (χ2v) is 4.58. The van der Waals surface area contributed by atoms with Crippen LogP contribution in [0, 0.1) is 0 Å². The Morgan fingerprint density at radius 1 is 1.44 bits per heavy atom. The molecule has 0 bridgehead atoms. The van der Waals surface area contributed by atoms with Gasteiger partial charge < -0.3 is 9.84 Å². The number of carboxylic acid groups (broad SMARTS) is 1. The number of ether oxygens (including phenoxy) is 1. The summed E-state index contributed by atoms with van der Waals surface area (Å²) in [5.74, 6) is -0.968. The number of likely N-dealkylation sites (tertiary alicyclic amines) is 1. The Morgan fingerprint density at radius 2 is 2.17 bits per heavy atom. The van der Waals surface area contributed by atoms with Crippen LogP contribution in [0.2, 0.25) is 5.15 Å². The van der Waals surface area contributed by atoms with E-state index in [2.05, 4.69) is 9.88 Å². The Kier molecular flexibility index (Phi) is 4.38. The standard InChI is InChI=1S/C12H15ClN2O3/c13-10-4-3-9(12(16)17)11(14-10)18-8-7-15-5-1-2-6-15/h3-4H,1-2,5-8H2,(H,16,17). The molecular weight excluding hydrogens is 256 g/mol. The fourth-order valence-electron chi connectivity index (χ4n) is 1.97. The number of halogens is 1. The third-order valence-corrected chi connectivity index (χ3v) is 3.11. The van der Waals surface area contributed by atoms with Gasteiger partial charge in [0.15, 0.2) is 0 Å². The molecule has 1 aliphatic rings. The van der Waals surface area contributed by atoms with Gasteiger partial charge in [-0.2, -0.15) is 0 Å². The van der Waals surface area contributed by atoms with Crippen molar-refractivity contribution < 1.29 is 14.6 Å². The molecule has 1 aromatic heterocycles. The maximum atomic E-state index is 11.0. The SMILES string of the molecule is O=C(O)c1ccc(Cl)nc1OCCN1CCCC1. The molecule has 18 heavy (non-hydrogen) atoms. The van der Waals surface area contributed by atoms with Crippen molar-refractivity contribution in [3.05, 3.63) is 22.8 Å². The molecule has 0 amide bonds. The van der Waals surface area contributed by atoms with Crippen molar-refractivity contribution in [2.45, 2.75) is 12.8 Å². The molecule has 0 saturated carbocycles. The Bertz CT molecular complexity index is 433. The van der Waals surface area contributed by atoms with Gasteiger partial charge >= 0.3 is 5.97 Å². The average Bonchev–Trinajstić information content (AvgIpc) is 2.82. The highest BCUT2D eigenvalue weighted by Gasteiger charge is 2.15. The fraction of sp³-hybridized carbons (Fsp3) is 0.500. The highest BCUT2D eigenvalue weighted by Crippen LogP contribution is 2.19. The Balaban J connectivity index is 1.94. The molecule has 0 aromatic carbocycles. The molecule has 2 rings (SSSR count). The van der Waals surface area contributed by atoms with E-state index in [0.717, 1.165) is 19.6 Å². The number of aromatic carboxylic acids is 1. The molecule has 0 atom stereocenters. The predicted octanol–water partition coefficient (Wildman–Crippen LogP) is 1.91. The lowest BCUT2D eigenvalue weighted by Crippen LogP contribution is -2.25. The van der Waals surface area contributed by atoms with Gasteiger partial charge in [-0.1, -0.05) is 11.6 Å². The van der Waals surface area contributed by atoms with Crippen molar-refractivity contribution >= 4 is 17.6 Å². The van der Waals surface area contributed by atoms with Crippen molar-refractivity contribution in [3.63, 3.8) is 0 Å². The molecule has 1 saturated heterocycles. The first-order chi connectivity index (χ1) is 8.66. The number of carbonyl (C=O) groups is 1. The van der Waals surface area contributed by atoms with Crippen molar-refractivity contribution in [2.75, 3.05) is 26.2 Å². The van der Waals surface area contributed by atoms with Crippen LogP contribution in [0.5, 0.6) is 5.88 Å². The van der Waals surface area contributed by atoms with E-state index in [-0.39, 0.29) is 16.6 Å². The largest absolute Gasteiger partial charge is 0.477 e. The number of carboxylic acids is 1. The Labute approximate surface area is 110 Å². The summed E-state index contributed by atoms with van der Waals surface area (Å²) >= 11 is 5.73. The molecule has 0 radical (unpaired) electrons. The highest BCUT2D eigenvalue weighted by atomic mass is 35.5. The van der Waals surface area contributed by atoms with Gasteiger partial charge in [0.2, 0.25) is 5.88 Å². The molecule has 0 spiro atoms. The van der Waals surface area contributed by atoms with Gasteiger partial charge in [0.05, 0.1) is 0 Å². The smallest absolute Gasteiger partial charge is 0.341 e. The number of aromatic nitrogens is 1. The number of hydrogen-bond donors (Lipinski definition) is 1. The minimum absolute atomic E-state index is 0.0424. The van der Waals surface area contributed by atoms with Crippen LogP contribution in [0.25, 0.3) is 0 Å². The van der Waals surface area contributed by atoms with Crippen LogP contribution >= 0.6 is 11.6 Å². The normalized spacial score (nSPS) is 15.8. The Hall–Kier alpha value is -1.33. The minimum Gasteiger partial charge on any atom is -0.477 e. The average molecular weight is 271 g/mol. The van der Waals surface area contributed by atoms with Gasteiger partial charge in [-0.3, -0.25) is 4.90 Å². The van der Waals surface area contributed by atoms with E-state index in [1.54, 1.807) is 0 Å². The molecule has 1 fully saturated rings. The minimum atomic E-state index is -1.06. The first-order valence-corrected chi connectivity index (χ1v) is 6.29. The van der Waals surface area contributed by atoms with Crippen molar-refractivity contribution in [1.29, 1.82) is 0 Å². The molecule has 0 aliphatic carbocycles. The predicted molar refractivity (Wildman–Crippen MR) is 67.4 cm³/mol. The number of nitrogens with zero attached hydrogens (tertiary/aromatic N) is 2. The Morgan fingerprint density at radius 3 is 2.83 bits per heavy atom. The summed E-state index contributed by atoms with van der Waals surface area (Å²) < 4.78 is 5.42. The van der Waals surface area contributed by atoms with Crippen molar-refractivity contribution in [1.82, 2.24) is 9.88 Å².